The van der Waals surface area contributed by atoms with Crippen molar-refractivity contribution in [2.45, 2.75) is 0 Å². The Hall–Kier alpha value is -1.35. The van der Waals surface area contributed by atoms with Crippen molar-refractivity contribution in [1.82, 2.24) is 4.48 Å². The lowest BCUT2D eigenvalue weighted by molar-refractivity contribution is -0.255. The van der Waals surface area contributed by atoms with Gasteiger partial charge in [0.05, 0.1) is 27.1 Å². The molecule has 3 nitrogen and oxygen atoms in total. The van der Waals surface area contributed by atoms with Gasteiger partial charge >= 0.3 is 0 Å². The van der Waals surface area contributed by atoms with E-state index < -0.39 is 5.97 Å². The number of aromatic carboxylic acids is 1. The van der Waals surface area contributed by atoms with E-state index in [4.69, 9.17) is 0 Å². The maximum Gasteiger partial charge on any atom is 0.132 e. The van der Waals surface area contributed by atoms with Crippen molar-refractivity contribution in [2.24, 2.45) is 0 Å². The molecule has 0 aliphatic rings. The third-order valence-corrected chi connectivity index (χ3v) is 1.88. The van der Waals surface area contributed by atoms with Crippen molar-refractivity contribution < 1.29 is 9.90 Å². The van der Waals surface area contributed by atoms with E-state index in [2.05, 4.69) is 0 Å². The lowest BCUT2D eigenvalue weighted by atomic mass is 10.2. The summed E-state index contributed by atoms with van der Waals surface area (Å²) in [5.41, 5.74) is 1.28. The Morgan fingerprint density at radius 1 is 1.15 bits per heavy atom. The first-order valence-corrected chi connectivity index (χ1v) is 4.04. The van der Waals surface area contributed by atoms with Gasteiger partial charge in [0.2, 0.25) is 0 Å². The molecule has 0 spiro atoms. The summed E-state index contributed by atoms with van der Waals surface area (Å²) in [6, 6.07) is 6.72. The highest BCUT2D eigenvalue weighted by Gasteiger charge is 2.10. The number of nitrogens with zero attached hydrogens (tertiary/aromatic N) is 1. The fraction of sp³-hybridized carbons (Fsp3) is 0.300. The van der Waals surface area contributed by atoms with Gasteiger partial charge in [0.15, 0.2) is 0 Å². The molecular weight excluding hydrogens is 166 g/mol. The Balaban J connectivity index is 3.01. The molecule has 0 heterocycles. The summed E-state index contributed by atoms with van der Waals surface area (Å²) in [6.07, 6.45) is 0. The number of benzene rings is 1. The minimum Gasteiger partial charge on any atom is -0.545 e. The van der Waals surface area contributed by atoms with Crippen LogP contribution >= 0.6 is 0 Å². The number of carboxylic acids is 1. The van der Waals surface area contributed by atoms with E-state index in [1.807, 2.05) is 21.1 Å². The second-order valence-corrected chi connectivity index (χ2v) is 3.85. The van der Waals surface area contributed by atoms with Crippen molar-refractivity contribution in [3.63, 3.8) is 0 Å². The van der Waals surface area contributed by atoms with Crippen molar-refractivity contribution in [1.29, 1.82) is 0 Å². The maximum atomic E-state index is 10.4. The summed E-state index contributed by atoms with van der Waals surface area (Å²) in [6.45, 7) is 0. The zero-order valence-corrected chi connectivity index (χ0v) is 8.07. The molecule has 0 bridgehead atoms. The predicted molar refractivity (Wildman–Crippen MR) is 50.3 cm³/mol. The first-order chi connectivity index (χ1) is 5.91. The number of carbonyl (C=O) groups excluding carboxylic acids is 1. The molecule has 3 heteroatoms. The van der Waals surface area contributed by atoms with Crippen molar-refractivity contribution in [3.05, 3.63) is 29.8 Å². The summed E-state index contributed by atoms with van der Waals surface area (Å²) < 4.78 is 0.674. The molecule has 0 atom stereocenters. The highest BCUT2D eigenvalue weighted by atomic mass is 16.4. The highest BCUT2D eigenvalue weighted by Crippen LogP contribution is 2.16. The third kappa shape index (κ3) is 2.29. The number of quaternary nitrogens is 1. The number of hydrogen-bond acceptors (Lipinski definition) is 2. The van der Waals surface area contributed by atoms with E-state index in [0.29, 0.717) is 4.48 Å². The molecule has 0 unspecified atom stereocenters. The second kappa shape index (κ2) is 3.18. The molecule has 1 rings (SSSR count). The van der Waals surface area contributed by atoms with Gasteiger partial charge in [-0.1, -0.05) is 0 Å². The number of rotatable bonds is 2. The summed E-state index contributed by atoms with van der Waals surface area (Å²) in [5, 5.41) is 10.4. The van der Waals surface area contributed by atoms with Gasteiger partial charge in [0, 0.05) is 0 Å². The van der Waals surface area contributed by atoms with Crippen LogP contribution in [0, 0.1) is 0 Å². The Morgan fingerprint density at radius 3 is 1.92 bits per heavy atom. The largest absolute Gasteiger partial charge is 0.545 e. The zero-order valence-electron chi connectivity index (χ0n) is 8.07. The molecule has 0 saturated heterocycles. The first-order valence-electron chi connectivity index (χ1n) is 4.04. The molecule has 0 saturated carbocycles. The molecule has 0 aliphatic carbocycles. The molecular formula is C10H13NO2. The molecule has 0 fully saturated rings. The minimum atomic E-state index is -1.13. The summed E-state index contributed by atoms with van der Waals surface area (Å²) in [4.78, 5) is 10.4. The highest BCUT2D eigenvalue weighted by molar-refractivity contribution is 5.86. The second-order valence-electron chi connectivity index (χ2n) is 3.85. The molecule has 0 aliphatic heterocycles. The topological polar surface area (TPSA) is 40.1 Å². The third-order valence-electron chi connectivity index (χ3n) is 1.88. The van der Waals surface area contributed by atoms with Crippen molar-refractivity contribution in [3.8, 4) is 0 Å². The number of hydrogen-bond donors (Lipinski definition) is 0. The summed E-state index contributed by atoms with van der Waals surface area (Å²) >= 11 is 0. The molecule has 0 amide bonds. The fourth-order valence-electron chi connectivity index (χ4n) is 1.04. The van der Waals surface area contributed by atoms with Gasteiger partial charge in [-0.2, -0.15) is 0 Å². The molecule has 70 valence electrons. The smallest absolute Gasteiger partial charge is 0.132 e. The van der Waals surface area contributed by atoms with Crippen LogP contribution in [-0.2, 0) is 0 Å². The molecule has 1 aromatic rings. The van der Waals surface area contributed by atoms with Crippen molar-refractivity contribution in [2.75, 3.05) is 21.1 Å². The van der Waals surface area contributed by atoms with Crippen LogP contribution in [0.4, 0.5) is 5.69 Å². The monoisotopic (exact) mass is 179 g/mol. The van der Waals surface area contributed by atoms with Gasteiger partial charge in [-0.15, -0.1) is 0 Å². The van der Waals surface area contributed by atoms with Crippen LogP contribution in [0.5, 0.6) is 0 Å². The van der Waals surface area contributed by atoms with Crippen LogP contribution < -0.4 is 9.59 Å². The normalized spacial score (nSPS) is 11.3. The fourth-order valence-corrected chi connectivity index (χ4v) is 1.04. The summed E-state index contributed by atoms with van der Waals surface area (Å²) in [7, 11) is 6.07. The van der Waals surface area contributed by atoms with Gasteiger partial charge in [-0.05, 0) is 29.8 Å². The SMILES string of the molecule is C[N+](C)(C)c1ccc(C(=O)[O-])cc1. The molecule has 0 aromatic heterocycles. The average Bonchev–Trinajstić information content (AvgIpc) is 2.03. The zero-order chi connectivity index (χ0) is 10.1. The van der Waals surface area contributed by atoms with Crippen molar-refractivity contribution >= 4 is 11.7 Å². The molecule has 1 aromatic carbocycles. The number of carboxylic acid groups (broad SMARTS) is 1. The Kier molecular flexibility index (Phi) is 2.38. The number of carbonyl (C=O) groups is 1. The van der Waals surface area contributed by atoms with Gasteiger partial charge in [-0.3, -0.25) is 4.48 Å². The Bertz CT molecular complexity index is 309. The lowest BCUT2D eigenvalue weighted by Crippen LogP contribution is -2.34. The van der Waals surface area contributed by atoms with Crippen LogP contribution in [0.2, 0.25) is 0 Å². The quantitative estimate of drug-likeness (QED) is 0.610. The van der Waals surface area contributed by atoms with Gasteiger partial charge in [0.25, 0.3) is 0 Å². The van der Waals surface area contributed by atoms with E-state index in [0.717, 1.165) is 5.69 Å². The van der Waals surface area contributed by atoms with E-state index in [9.17, 15) is 9.90 Å². The minimum absolute atomic E-state index is 0.220. The maximum absolute atomic E-state index is 10.4. The Morgan fingerprint density at radius 2 is 1.62 bits per heavy atom. The van der Waals surface area contributed by atoms with E-state index in [-0.39, 0.29) is 5.56 Å². The molecule has 0 N–H and O–H groups in total. The summed E-state index contributed by atoms with van der Waals surface area (Å²) in [5.74, 6) is -1.13. The van der Waals surface area contributed by atoms with Crippen LogP contribution in [0.3, 0.4) is 0 Å². The average molecular weight is 179 g/mol. The van der Waals surface area contributed by atoms with Gasteiger partial charge in [-0.25, -0.2) is 0 Å². The van der Waals surface area contributed by atoms with Gasteiger partial charge < -0.3 is 9.90 Å². The van der Waals surface area contributed by atoms with Crippen LogP contribution in [0.1, 0.15) is 10.4 Å². The van der Waals surface area contributed by atoms with Crippen LogP contribution in [-0.4, -0.2) is 27.1 Å². The lowest BCUT2D eigenvalue weighted by Gasteiger charge is -2.23. The Labute approximate surface area is 77.8 Å². The van der Waals surface area contributed by atoms with Crippen LogP contribution in [0.15, 0.2) is 24.3 Å². The standard InChI is InChI=1S/C10H13NO2/c1-11(2,3)9-6-4-8(5-7-9)10(12)13/h4-7H,1-3H3. The van der Waals surface area contributed by atoms with E-state index >= 15 is 0 Å². The van der Waals surface area contributed by atoms with Gasteiger partial charge in [0.1, 0.15) is 5.69 Å². The molecule has 13 heavy (non-hydrogen) atoms. The van der Waals surface area contributed by atoms with E-state index in [1.165, 1.54) is 0 Å². The van der Waals surface area contributed by atoms with E-state index in [1.54, 1.807) is 24.3 Å². The molecule has 0 radical (unpaired) electrons. The first kappa shape index (κ1) is 9.74. The van der Waals surface area contributed by atoms with Crippen LogP contribution in [0.25, 0.3) is 0 Å². The predicted octanol–water partition coefficient (Wildman–Crippen LogP) is 0.247.